The first-order chi connectivity index (χ1) is 13.4. The Labute approximate surface area is 163 Å². The molecule has 3 rings (SSSR count). The average molecular weight is 386 g/mol. The molecule has 2 heterocycles. The van der Waals surface area contributed by atoms with E-state index in [0.717, 1.165) is 30.8 Å². The lowest BCUT2D eigenvalue weighted by atomic mass is 10.1. The van der Waals surface area contributed by atoms with Crippen LogP contribution in [0.2, 0.25) is 0 Å². The van der Waals surface area contributed by atoms with E-state index in [1.807, 2.05) is 18.2 Å². The fourth-order valence-electron chi connectivity index (χ4n) is 3.51. The lowest BCUT2D eigenvalue weighted by Crippen LogP contribution is -2.45. The van der Waals surface area contributed by atoms with Crippen LogP contribution in [0.1, 0.15) is 25.0 Å². The molecule has 1 saturated heterocycles. The number of amides is 1. The van der Waals surface area contributed by atoms with E-state index in [4.69, 9.17) is 4.74 Å². The highest BCUT2D eigenvalue weighted by molar-refractivity contribution is 5.75. The largest absolute Gasteiger partial charge is 0.373 e. The number of benzene rings is 1. The molecular formula is C20H26N4O4. The summed E-state index contributed by atoms with van der Waals surface area (Å²) in [6.45, 7) is 6.93. The second-order valence-electron chi connectivity index (χ2n) is 7.23. The summed E-state index contributed by atoms with van der Waals surface area (Å²) in [5.41, 5.74) is 1.11. The average Bonchev–Trinajstić information content (AvgIpc) is 2.62. The predicted octanol–water partition coefficient (Wildman–Crippen LogP) is 0.462. The van der Waals surface area contributed by atoms with Crippen LogP contribution < -0.4 is 16.6 Å². The Hall–Kier alpha value is -2.71. The molecule has 0 radical (unpaired) electrons. The van der Waals surface area contributed by atoms with Gasteiger partial charge in [0, 0.05) is 38.4 Å². The number of carbonyl (C=O) groups excluding carboxylic acids is 1. The Morgan fingerprint density at radius 2 is 1.82 bits per heavy atom. The molecule has 28 heavy (non-hydrogen) atoms. The van der Waals surface area contributed by atoms with Crippen molar-refractivity contribution in [3.8, 4) is 0 Å². The molecule has 1 aromatic heterocycles. The van der Waals surface area contributed by atoms with Gasteiger partial charge in [-0.2, -0.15) is 0 Å². The number of aromatic nitrogens is 2. The summed E-state index contributed by atoms with van der Waals surface area (Å²) in [7, 11) is 0. The monoisotopic (exact) mass is 386 g/mol. The van der Waals surface area contributed by atoms with E-state index in [9.17, 15) is 14.4 Å². The first-order valence-corrected chi connectivity index (χ1v) is 9.42. The van der Waals surface area contributed by atoms with Gasteiger partial charge in [-0.1, -0.05) is 24.3 Å². The topological polar surface area (TPSA) is 96.4 Å². The van der Waals surface area contributed by atoms with Crippen LogP contribution >= 0.6 is 0 Å². The molecule has 0 aliphatic carbocycles. The first kappa shape index (κ1) is 20.0. The number of nitrogens with zero attached hydrogens (tertiary/aromatic N) is 2. The van der Waals surface area contributed by atoms with Crippen LogP contribution in [-0.4, -0.2) is 45.7 Å². The van der Waals surface area contributed by atoms with Gasteiger partial charge in [-0.25, -0.2) is 4.79 Å². The van der Waals surface area contributed by atoms with Gasteiger partial charge in [-0.15, -0.1) is 0 Å². The number of aromatic amines is 1. The van der Waals surface area contributed by atoms with Crippen LogP contribution in [0.25, 0.3) is 0 Å². The number of H-pyrrole nitrogens is 1. The molecule has 0 spiro atoms. The summed E-state index contributed by atoms with van der Waals surface area (Å²) < 4.78 is 6.95. The highest BCUT2D eigenvalue weighted by Gasteiger charge is 2.22. The lowest BCUT2D eigenvalue weighted by Gasteiger charge is -2.35. The summed E-state index contributed by atoms with van der Waals surface area (Å²) in [4.78, 5) is 39.5. The highest BCUT2D eigenvalue weighted by atomic mass is 16.5. The highest BCUT2D eigenvalue weighted by Crippen LogP contribution is 2.17. The third-order valence-corrected chi connectivity index (χ3v) is 4.69. The zero-order valence-corrected chi connectivity index (χ0v) is 16.2. The van der Waals surface area contributed by atoms with Gasteiger partial charge in [0.2, 0.25) is 5.91 Å². The third kappa shape index (κ3) is 5.40. The van der Waals surface area contributed by atoms with Crippen LogP contribution in [0.15, 0.2) is 46.1 Å². The SMILES string of the molecule is CC1CN(Cc2ccccc2CNC(=O)Cn2ccc(=O)[nH]c2=O)CC(C)O1. The van der Waals surface area contributed by atoms with Crippen LogP contribution in [0.5, 0.6) is 0 Å². The molecule has 2 atom stereocenters. The quantitative estimate of drug-likeness (QED) is 0.752. The van der Waals surface area contributed by atoms with Crippen molar-refractivity contribution in [1.82, 2.24) is 19.8 Å². The van der Waals surface area contributed by atoms with Crippen molar-refractivity contribution in [2.45, 2.75) is 45.7 Å². The van der Waals surface area contributed by atoms with Crippen molar-refractivity contribution < 1.29 is 9.53 Å². The number of nitrogens with one attached hydrogen (secondary N) is 2. The maximum absolute atomic E-state index is 12.2. The maximum atomic E-state index is 12.2. The van der Waals surface area contributed by atoms with E-state index >= 15 is 0 Å². The van der Waals surface area contributed by atoms with Gasteiger partial charge in [0.25, 0.3) is 5.56 Å². The lowest BCUT2D eigenvalue weighted by molar-refractivity contribution is -0.121. The molecule has 8 nitrogen and oxygen atoms in total. The summed E-state index contributed by atoms with van der Waals surface area (Å²) in [5, 5.41) is 2.85. The van der Waals surface area contributed by atoms with E-state index in [0.29, 0.717) is 6.54 Å². The first-order valence-electron chi connectivity index (χ1n) is 9.42. The van der Waals surface area contributed by atoms with E-state index in [-0.39, 0.29) is 24.7 Å². The van der Waals surface area contributed by atoms with Crippen LogP contribution in [0.3, 0.4) is 0 Å². The molecule has 1 fully saturated rings. The number of ether oxygens (including phenoxy) is 1. The third-order valence-electron chi connectivity index (χ3n) is 4.69. The molecule has 1 aromatic carbocycles. The Morgan fingerprint density at radius 1 is 1.14 bits per heavy atom. The summed E-state index contributed by atoms with van der Waals surface area (Å²) in [5.74, 6) is -0.294. The second kappa shape index (κ2) is 8.99. The Balaban J connectivity index is 1.61. The molecule has 2 aromatic rings. The Bertz CT molecular complexity index is 926. The molecular weight excluding hydrogens is 360 g/mol. The zero-order chi connectivity index (χ0) is 20.1. The summed E-state index contributed by atoms with van der Waals surface area (Å²) in [6.07, 6.45) is 1.72. The number of hydrogen-bond donors (Lipinski definition) is 2. The minimum Gasteiger partial charge on any atom is -0.373 e. The van der Waals surface area contributed by atoms with Crippen molar-refractivity contribution >= 4 is 5.91 Å². The number of hydrogen-bond acceptors (Lipinski definition) is 5. The number of carbonyl (C=O) groups is 1. The van der Waals surface area contributed by atoms with Gasteiger partial charge in [-0.3, -0.25) is 24.0 Å². The van der Waals surface area contributed by atoms with Crippen LogP contribution in [-0.2, 0) is 29.2 Å². The zero-order valence-electron chi connectivity index (χ0n) is 16.2. The molecule has 1 amide bonds. The number of rotatable bonds is 6. The minimum atomic E-state index is -0.599. The van der Waals surface area contributed by atoms with Gasteiger partial charge in [0.1, 0.15) is 6.54 Å². The van der Waals surface area contributed by atoms with Crippen molar-refractivity contribution in [1.29, 1.82) is 0 Å². The maximum Gasteiger partial charge on any atom is 0.328 e. The number of morpholine rings is 1. The van der Waals surface area contributed by atoms with Gasteiger partial charge in [-0.05, 0) is 25.0 Å². The van der Waals surface area contributed by atoms with Gasteiger partial charge >= 0.3 is 5.69 Å². The van der Waals surface area contributed by atoms with Crippen LogP contribution in [0.4, 0.5) is 0 Å². The van der Waals surface area contributed by atoms with Gasteiger partial charge < -0.3 is 10.1 Å². The summed E-state index contributed by atoms with van der Waals surface area (Å²) >= 11 is 0. The Morgan fingerprint density at radius 3 is 2.50 bits per heavy atom. The fourth-order valence-corrected chi connectivity index (χ4v) is 3.51. The standard InChI is InChI=1S/C20H26N4O4/c1-14-10-23(11-15(2)28-14)12-17-6-4-3-5-16(17)9-21-19(26)13-24-8-7-18(25)22-20(24)27/h3-8,14-15H,9-13H2,1-2H3,(H,21,26)(H,22,25,27). The predicted molar refractivity (Wildman–Crippen MR) is 105 cm³/mol. The fraction of sp³-hybridized carbons (Fsp3) is 0.450. The molecule has 2 N–H and O–H groups in total. The second-order valence-corrected chi connectivity index (χ2v) is 7.23. The minimum absolute atomic E-state index is 0.143. The Kier molecular flexibility index (Phi) is 6.43. The molecule has 0 saturated carbocycles. The van der Waals surface area contributed by atoms with E-state index in [2.05, 4.69) is 35.1 Å². The van der Waals surface area contributed by atoms with E-state index in [1.165, 1.54) is 16.8 Å². The molecule has 2 unspecified atom stereocenters. The van der Waals surface area contributed by atoms with Gasteiger partial charge in [0.15, 0.2) is 0 Å². The normalized spacial score (nSPS) is 20.1. The van der Waals surface area contributed by atoms with E-state index in [1.54, 1.807) is 0 Å². The molecule has 1 aliphatic heterocycles. The molecule has 1 aliphatic rings. The van der Waals surface area contributed by atoms with Crippen LogP contribution in [0, 0.1) is 0 Å². The van der Waals surface area contributed by atoms with E-state index < -0.39 is 11.2 Å². The molecule has 0 bridgehead atoms. The van der Waals surface area contributed by atoms with Crippen molar-refractivity contribution in [3.63, 3.8) is 0 Å². The summed E-state index contributed by atoms with van der Waals surface area (Å²) in [6, 6.07) is 9.22. The molecule has 8 heteroatoms. The van der Waals surface area contributed by atoms with Crippen molar-refractivity contribution in [3.05, 3.63) is 68.5 Å². The molecule has 150 valence electrons. The van der Waals surface area contributed by atoms with Crippen molar-refractivity contribution in [2.24, 2.45) is 0 Å². The smallest absolute Gasteiger partial charge is 0.328 e. The van der Waals surface area contributed by atoms with Gasteiger partial charge in [0.05, 0.1) is 12.2 Å². The van der Waals surface area contributed by atoms with Crippen molar-refractivity contribution in [2.75, 3.05) is 13.1 Å².